The number of carbonyl (C=O) groups excluding carboxylic acids is 5. The van der Waals surface area contributed by atoms with Crippen LogP contribution in [0.3, 0.4) is 0 Å². The SMILES string of the molecule is CC1CC(C)N1[C@]1(c2ccccc2)CCCCC1=O.CC1CCCN1[C@]1(c2ccccc2)CCCCC1=O.CC1CCN([C@]2(c3ccccc3)CCCCC2=O)C1C.CC1CN([C@]2(c3ccccc3)CCCCC2=O)C1C.CC1CN([C@]2(c3ccccc3)CCCCC2=O)CC1C. The third kappa shape index (κ3) is 14.1. The Labute approximate surface area is 584 Å². The molecule has 10 nitrogen and oxygen atoms in total. The fourth-order valence-corrected chi connectivity index (χ4v) is 20.2. The number of hydrogen-bond acceptors (Lipinski definition) is 10. The summed E-state index contributed by atoms with van der Waals surface area (Å²) in [6, 6.07) is 54.9. The van der Waals surface area contributed by atoms with E-state index < -0.39 is 0 Å². The number of nitrogens with zero attached hydrogens (tertiary/aromatic N) is 5. The van der Waals surface area contributed by atoms with E-state index in [2.05, 4.69) is 208 Å². The van der Waals surface area contributed by atoms with Crippen molar-refractivity contribution in [3.8, 4) is 0 Å². The normalized spacial score (nSPS) is 35.1. The van der Waals surface area contributed by atoms with E-state index in [1.807, 2.05) is 30.3 Å². The second-order valence-electron chi connectivity index (χ2n) is 31.7. The first kappa shape index (κ1) is 72.5. The maximum Gasteiger partial charge on any atom is 0.157 e. The van der Waals surface area contributed by atoms with E-state index in [4.69, 9.17) is 0 Å². The van der Waals surface area contributed by atoms with Crippen LogP contribution in [0, 0.1) is 23.7 Å². The van der Waals surface area contributed by atoms with Crippen molar-refractivity contribution in [3.05, 3.63) is 179 Å². The molecule has 10 aliphatic rings. The summed E-state index contributed by atoms with van der Waals surface area (Å²) in [5.74, 6) is 4.95. The summed E-state index contributed by atoms with van der Waals surface area (Å²) in [6.07, 6.45) is 24.7. The van der Waals surface area contributed by atoms with Gasteiger partial charge in [0.25, 0.3) is 0 Å². The van der Waals surface area contributed by atoms with Crippen molar-refractivity contribution in [2.45, 2.75) is 274 Å². The van der Waals surface area contributed by atoms with Gasteiger partial charge in [-0.3, -0.25) is 48.5 Å². The van der Waals surface area contributed by atoms with Crippen LogP contribution in [-0.2, 0) is 51.7 Å². The molecule has 97 heavy (non-hydrogen) atoms. The molecule has 0 N–H and O–H groups in total. The molecule has 5 aromatic rings. The van der Waals surface area contributed by atoms with Crippen molar-refractivity contribution in [2.24, 2.45) is 23.7 Å². The van der Waals surface area contributed by atoms with Gasteiger partial charge in [-0.1, -0.05) is 211 Å². The van der Waals surface area contributed by atoms with Gasteiger partial charge >= 0.3 is 0 Å². The molecule has 5 aromatic carbocycles. The zero-order valence-corrected chi connectivity index (χ0v) is 60.9. The van der Waals surface area contributed by atoms with Crippen LogP contribution in [0.4, 0.5) is 0 Å². The Kier molecular flexibility index (Phi) is 23.8. The molecule has 9 unspecified atom stereocenters. The molecule has 15 rings (SSSR count). The van der Waals surface area contributed by atoms with Crippen molar-refractivity contribution in [2.75, 3.05) is 32.7 Å². The first-order chi connectivity index (χ1) is 46.9. The lowest BCUT2D eigenvalue weighted by Gasteiger charge is -2.57. The smallest absolute Gasteiger partial charge is 0.157 e. The van der Waals surface area contributed by atoms with Gasteiger partial charge in [0.05, 0.1) is 0 Å². The quantitative estimate of drug-likeness (QED) is 0.134. The zero-order chi connectivity index (χ0) is 68.5. The Morgan fingerprint density at radius 3 is 0.918 bits per heavy atom. The van der Waals surface area contributed by atoms with Crippen molar-refractivity contribution in [1.29, 1.82) is 0 Å². The van der Waals surface area contributed by atoms with Gasteiger partial charge in [0, 0.05) is 88.5 Å². The highest BCUT2D eigenvalue weighted by atomic mass is 16.1. The molecule has 0 aromatic heterocycles. The maximum absolute atomic E-state index is 12.9. The lowest BCUT2D eigenvalue weighted by Crippen LogP contribution is -2.66. The monoisotopic (exact) mass is 1310 g/mol. The summed E-state index contributed by atoms with van der Waals surface area (Å²) in [4.78, 5) is 76.6. The minimum absolute atomic E-state index is 0.324. The number of carbonyl (C=O) groups is 5. The molecule has 5 aliphatic heterocycles. The fourth-order valence-electron chi connectivity index (χ4n) is 20.2. The number of hydrogen-bond donors (Lipinski definition) is 0. The van der Waals surface area contributed by atoms with Crippen molar-refractivity contribution < 1.29 is 24.0 Å². The predicted molar refractivity (Wildman–Crippen MR) is 394 cm³/mol. The molecule has 0 bridgehead atoms. The topological polar surface area (TPSA) is 102 Å². The average molecular weight is 1310 g/mol. The molecule has 5 saturated carbocycles. The van der Waals surface area contributed by atoms with Crippen molar-refractivity contribution >= 4 is 28.9 Å². The molecule has 0 amide bonds. The Morgan fingerprint density at radius 1 is 0.289 bits per heavy atom. The van der Waals surface area contributed by atoms with Crippen LogP contribution in [0.1, 0.15) is 244 Å². The number of benzene rings is 5. The van der Waals surface area contributed by atoms with E-state index in [0.717, 1.165) is 148 Å². The molecular formula is C87H119N5O5. The van der Waals surface area contributed by atoms with Crippen LogP contribution >= 0.6 is 0 Å². The van der Waals surface area contributed by atoms with Gasteiger partial charge in [-0.15, -0.1) is 0 Å². The summed E-state index contributed by atoms with van der Waals surface area (Å²) in [5.41, 5.74) is 4.39. The van der Waals surface area contributed by atoms with E-state index in [0.29, 0.717) is 82.8 Å². The molecule has 0 radical (unpaired) electrons. The maximum atomic E-state index is 12.9. The molecular weight excluding hydrogens is 1190 g/mol. The van der Waals surface area contributed by atoms with E-state index in [-0.39, 0.29) is 27.7 Å². The van der Waals surface area contributed by atoms with Gasteiger partial charge in [-0.2, -0.15) is 0 Å². The Hall–Kier alpha value is -5.75. The first-order valence-electron chi connectivity index (χ1n) is 38.7. The zero-order valence-electron chi connectivity index (χ0n) is 60.9. The molecule has 522 valence electrons. The third-order valence-corrected chi connectivity index (χ3v) is 26.1. The van der Waals surface area contributed by atoms with Crippen molar-refractivity contribution in [3.63, 3.8) is 0 Å². The molecule has 10 fully saturated rings. The Balaban J connectivity index is 0.000000123. The van der Waals surface area contributed by atoms with E-state index >= 15 is 0 Å². The van der Waals surface area contributed by atoms with Crippen LogP contribution in [-0.4, -0.2) is 116 Å². The van der Waals surface area contributed by atoms with Gasteiger partial charge in [0.2, 0.25) is 0 Å². The predicted octanol–water partition coefficient (Wildman–Crippen LogP) is 17.8. The lowest BCUT2D eigenvalue weighted by molar-refractivity contribution is -0.150. The number of Topliss-reactive ketones (excluding diaryl/α,β-unsaturated/α-hetero) is 5. The summed E-state index contributed by atoms with van der Waals surface area (Å²) < 4.78 is 0. The summed E-state index contributed by atoms with van der Waals surface area (Å²) in [5, 5.41) is 0. The molecule has 5 aliphatic carbocycles. The minimum atomic E-state index is -0.344. The molecule has 0 spiro atoms. The second-order valence-corrected chi connectivity index (χ2v) is 31.7. The molecule has 10 heteroatoms. The van der Waals surface area contributed by atoms with Crippen LogP contribution in [0.25, 0.3) is 0 Å². The highest BCUT2D eigenvalue weighted by molar-refractivity contribution is 5.93. The molecule has 14 atom stereocenters. The standard InChI is InChI=1S/2C18H25NO.3C17H23NO/c1-14-11-13-19(15(14)2)18(12-7-6-10-17(18)20)16-8-4-3-5-9-16;1-14-12-19(13-15(14)2)18(11-7-6-10-17(18)20)16-8-4-3-5-9-16;1-13-12-18(14(13)2)17(11-7-6-10-16(17)19)15-8-4-3-5-9-15;1-13-12-14(2)18(13)17(11-7-6-10-16(17)19)15-8-4-3-5-9-15;1-14-8-7-13-18(14)17(12-6-5-11-16(17)19)15-9-3-2-4-10-15/h2*3-5,8-9,14-15H,6-7,10-13H2,1-2H3;2*3-5,8-9,13-14H,6-7,10-12H2,1-2H3;2-4,9-10,14H,5-8,11-13H2,1H3/t2*14?,15?,18-;2*13?,14?,17-;14?,17-/m00000/s1. The summed E-state index contributed by atoms with van der Waals surface area (Å²) in [7, 11) is 0. The van der Waals surface area contributed by atoms with Crippen molar-refractivity contribution in [1.82, 2.24) is 24.5 Å². The molecule has 5 saturated heterocycles. The first-order valence-corrected chi connectivity index (χ1v) is 38.7. The van der Waals surface area contributed by atoms with E-state index in [1.54, 1.807) is 0 Å². The van der Waals surface area contributed by atoms with Gasteiger partial charge in [0.1, 0.15) is 27.7 Å². The minimum Gasteiger partial charge on any atom is -0.297 e. The van der Waals surface area contributed by atoms with Gasteiger partial charge in [-0.05, 0) is 183 Å². The number of rotatable bonds is 10. The van der Waals surface area contributed by atoms with E-state index in [9.17, 15) is 24.0 Å². The Morgan fingerprint density at radius 2 is 0.608 bits per heavy atom. The summed E-state index contributed by atoms with van der Waals surface area (Å²) in [6.45, 7) is 25.9. The highest BCUT2D eigenvalue weighted by Crippen LogP contribution is 2.51. The number of ketones is 5. The second kappa shape index (κ2) is 31.8. The fraction of sp³-hybridized carbons (Fsp3) is 0.598. The van der Waals surface area contributed by atoms with Gasteiger partial charge < -0.3 is 0 Å². The molecule has 5 heterocycles. The third-order valence-electron chi connectivity index (χ3n) is 26.1. The van der Waals surface area contributed by atoms with Crippen LogP contribution in [0.2, 0.25) is 0 Å². The van der Waals surface area contributed by atoms with E-state index in [1.165, 1.54) is 66.3 Å². The Bertz CT molecular complexity index is 3320. The van der Waals surface area contributed by atoms with Crippen LogP contribution < -0.4 is 0 Å². The van der Waals surface area contributed by atoms with Crippen LogP contribution in [0.15, 0.2) is 152 Å². The van der Waals surface area contributed by atoms with Gasteiger partial charge in [-0.25, -0.2) is 0 Å². The van der Waals surface area contributed by atoms with Crippen LogP contribution in [0.5, 0.6) is 0 Å². The van der Waals surface area contributed by atoms with Gasteiger partial charge in [0.15, 0.2) is 28.9 Å². The number of likely N-dealkylation sites (tertiary alicyclic amines) is 5. The lowest BCUT2D eigenvalue weighted by atomic mass is 9.70. The summed E-state index contributed by atoms with van der Waals surface area (Å²) >= 11 is 0. The average Bonchev–Trinajstić information content (AvgIpc) is 1.56. The highest BCUT2D eigenvalue weighted by Gasteiger charge is 2.56. The largest absolute Gasteiger partial charge is 0.297 e.